The Hall–Kier alpha value is -6.12. The first-order chi connectivity index (χ1) is 35.3. The van der Waals surface area contributed by atoms with E-state index in [1.807, 2.05) is 0 Å². The predicted octanol–water partition coefficient (Wildman–Crippen LogP) is 17.1. The van der Waals surface area contributed by atoms with Crippen molar-refractivity contribution in [3.8, 4) is 23.3 Å². The molecule has 0 saturated heterocycles. The lowest BCUT2D eigenvalue weighted by Crippen LogP contribution is -2.35. The molecular formula is C65H69N4OS2+. The monoisotopic (exact) mass is 985 g/mol. The molecule has 1 saturated carbocycles. The van der Waals surface area contributed by atoms with Crippen LogP contribution >= 0.6 is 23.1 Å². The average Bonchev–Trinajstić information content (AvgIpc) is 4.00. The van der Waals surface area contributed by atoms with Gasteiger partial charge in [0.15, 0.2) is 6.54 Å². The highest BCUT2D eigenvalue weighted by molar-refractivity contribution is 8.03. The fourth-order valence-corrected chi connectivity index (χ4v) is 14.2. The van der Waals surface area contributed by atoms with E-state index < -0.39 is 0 Å². The van der Waals surface area contributed by atoms with Crippen molar-refractivity contribution < 1.29 is 9.30 Å². The number of aryl methyl sites for hydroxylation is 4. The second-order valence-corrected chi connectivity index (χ2v) is 22.8. The lowest BCUT2D eigenvalue weighted by atomic mass is 9.67. The minimum absolute atomic E-state index is 0.107. The number of allylic oxidation sites excluding steroid dienone is 4. The molecule has 1 atom stereocenters. The molecule has 3 aliphatic carbocycles. The number of benzene rings is 5. The van der Waals surface area contributed by atoms with E-state index in [1.54, 1.807) is 30.2 Å². The molecule has 0 amide bonds. The standard InChI is InChI=1S/C65H69N4OS2/c1-6-8-10-13-21-46-35-45(4)36-50(38-46)65(55-37-44(3)28-30-51(55)52-31-29-48(39-56(52)65)47-22-20-23-47)32-18-11-12-19-34-69-58-25-15-17-27-60(58)72-62(69)41-54-63(49(42-66)43-67)53(64(54)70-5)40-61-68(33-9-7-2)57-24-14-16-26-59(57)71-61/h14-17,24-31,35-41,47H,6-13,18-23,32-34H2,1-5H3/q+1. The van der Waals surface area contributed by atoms with Gasteiger partial charge in [0, 0.05) is 52.1 Å². The average molecular weight is 986 g/mol. The molecule has 1 aliphatic heterocycles. The number of methoxy groups -OCH3 is 1. The van der Waals surface area contributed by atoms with Crippen LogP contribution in [0.15, 0.2) is 147 Å². The fraction of sp³-hybridized carbons (Fsp3) is 0.369. The Morgan fingerprint density at radius 1 is 0.778 bits per heavy atom. The second-order valence-electron chi connectivity index (χ2n) is 20.7. The fourth-order valence-electron chi connectivity index (χ4n) is 12.0. The second kappa shape index (κ2) is 21.9. The lowest BCUT2D eigenvalue weighted by molar-refractivity contribution is -0.669. The number of para-hydroxylation sites is 2. The molecule has 1 unspecified atom stereocenters. The van der Waals surface area contributed by atoms with Gasteiger partial charge < -0.3 is 9.64 Å². The van der Waals surface area contributed by atoms with Crippen molar-refractivity contribution in [3.63, 3.8) is 0 Å². The summed E-state index contributed by atoms with van der Waals surface area (Å²) in [6, 6.07) is 44.0. The van der Waals surface area contributed by atoms with E-state index >= 15 is 0 Å². The first-order valence-electron chi connectivity index (χ1n) is 26.9. The molecule has 1 fully saturated rings. The number of aromatic nitrogens is 1. The first kappa shape index (κ1) is 49.5. The number of fused-ring (bicyclic) bond motifs is 5. The van der Waals surface area contributed by atoms with Gasteiger partial charge in [0.1, 0.15) is 28.2 Å². The lowest BCUT2D eigenvalue weighted by Gasteiger charge is -2.35. The van der Waals surface area contributed by atoms with Crippen LogP contribution in [0.4, 0.5) is 5.69 Å². The molecular weight excluding hydrogens is 917 g/mol. The van der Waals surface area contributed by atoms with Crippen molar-refractivity contribution in [2.75, 3.05) is 18.6 Å². The summed E-state index contributed by atoms with van der Waals surface area (Å²) in [5.41, 5.74) is 17.6. The number of rotatable bonds is 20. The molecule has 5 aromatic carbocycles. The molecule has 0 radical (unpaired) electrons. The molecule has 1 aromatic heterocycles. The third-order valence-electron chi connectivity index (χ3n) is 15.9. The van der Waals surface area contributed by atoms with Gasteiger partial charge in [-0.25, -0.2) is 0 Å². The van der Waals surface area contributed by atoms with Gasteiger partial charge in [-0.15, -0.1) is 0 Å². The number of nitriles is 2. The van der Waals surface area contributed by atoms with Crippen molar-refractivity contribution in [1.82, 2.24) is 0 Å². The molecule has 6 aromatic rings. The van der Waals surface area contributed by atoms with E-state index in [2.05, 4.69) is 165 Å². The van der Waals surface area contributed by atoms with Crippen LogP contribution in [-0.2, 0) is 23.1 Å². The van der Waals surface area contributed by atoms with Gasteiger partial charge in [0.2, 0.25) is 5.52 Å². The molecule has 72 heavy (non-hydrogen) atoms. The van der Waals surface area contributed by atoms with Gasteiger partial charge in [-0.1, -0.05) is 172 Å². The van der Waals surface area contributed by atoms with Gasteiger partial charge >= 0.3 is 0 Å². The highest BCUT2D eigenvalue weighted by Gasteiger charge is 2.45. The van der Waals surface area contributed by atoms with E-state index in [0.29, 0.717) is 17.3 Å². The Kier molecular flexibility index (Phi) is 15.1. The van der Waals surface area contributed by atoms with Crippen LogP contribution in [0.2, 0.25) is 0 Å². The summed E-state index contributed by atoms with van der Waals surface area (Å²) < 4.78 is 9.84. The van der Waals surface area contributed by atoms with E-state index in [0.717, 1.165) is 85.6 Å². The summed E-state index contributed by atoms with van der Waals surface area (Å²) in [5, 5.41) is 22.9. The summed E-state index contributed by atoms with van der Waals surface area (Å²) in [5.74, 6) is 1.39. The molecule has 2 heterocycles. The number of nitrogens with zero attached hydrogens (tertiary/aromatic N) is 4. The number of thioether (sulfide) groups is 1. The van der Waals surface area contributed by atoms with Gasteiger partial charge in [0.05, 0.1) is 17.8 Å². The van der Waals surface area contributed by atoms with Crippen molar-refractivity contribution in [3.05, 3.63) is 186 Å². The van der Waals surface area contributed by atoms with Gasteiger partial charge in [-0.05, 0) is 128 Å². The van der Waals surface area contributed by atoms with Crippen LogP contribution in [0.1, 0.15) is 154 Å². The Balaban J connectivity index is 0.939. The van der Waals surface area contributed by atoms with E-state index in [4.69, 9.17) is 4.74 Å². The smallest absolute Gasteiger partial charge is 0.263 e. The number of ether oxygens (including phenoxy) is 1. The zero-order chi connectivity index (χ0) is 49.8. The molecule has 0 spiro atoms. The maximum Gasteiger partial charge on any atom is 0.263 e. The van der Waals surface area contributed by atoms with Crippen LogP contribution in [0.25, 0.3) is 27.4 Å². The van der Waals surface area contributed by atoms with Gasteiger partial charge in [0.25, 0.3) is 5.01 Å². The van der Waals surface area contributed by atoms with Crippen molar-refractivity contribution in [1.29, 1.82) is 10.5 Å². The zero-order valence-corrected chi connectivity index (χ0v) is 44.7. The van der Waals surface area contributed by atoms with Crippen LogP contribution < -0.4 is 9.47 Å². The van der Waals surface area contributed by atoms with Crippen LogP contribution in [0, 0.1) is 36.5 Å². The SMILES string of the molecule is CCCCCCc1cc(C)cc(C2(CCCCCC[n+]3c(/C=C4C(OC)=C(/C=C5\Sc6ccccc6N5CCCC)C\4=C(C#N)C#N)sc4ccccc43)c3cc(C)ccc3-c3ccc(C4CCC4)cc32)c1. The number of hydrogen-bond acceptors (Lipinski definition) is 6. The Morgan fingerprint density at radius 3 is 2.31 bits per heavy atom. The molecule has 7 heteroatoms. The molecule has 0 N–H and O–H groups in total. The number of anilines is 1. The number of thiazole rings is 1. The van der Waals surface area contributed by atoms with Gasteiger partial charge in [-0.2, -0.15) is 15.1 Å². The summed E-state index contributed by atoms with van der Waals surface area (Å²) in [6.45, 7) is 10.9. The summed E-state index contributed by atoms with van der Waals surface area (Å²) >= 11 is 3.49. The normalized spacial score (nSPS) is 18.0. The number of unbranched alkanes of at least 4 members (excludes halogenated alkanes) is 7. The quantitative estimate of drug-likeness (QED) is 0.0433. The maximum absolute atomic E-state index is 10.4. The molecule has 0 bridgehead atoms. The Morgan fingerprint density at radius 2 is 1.53 bits per heavy atom. The summed E-state index contributed by atoms with van der Waals surface area (Å²) in [4.78, 5) is 3.58. The van der Waals surface area contributed by atoms with Crippen LogP contribution in [0.3, 0.4) is 0 Å². The third-order valence-corrected chi connectivity index (χ3v) is 18.1. The molecule has 4 aliphatic rings. The largest absolute Gasteiger partial charge is 0.495 e. The first-order valence-corrected chi connectivity index (χ1v) is 28.5. The van der Waals surface area contributed by atoms with Crippen molar-refractivity contribution in [2.24, 2.45) is 0 Å². The number of hydrogen-bond donors (Lipinski definition) is 0. The van der Waals surface area contributed by atoms with Gasteiger partial charge in [-0.3, -0.25) is 0 Å². The predicted molar refractivity (Wildman–Crippen MR) is 300 cm³/mol. The highest BCUT2D eigenvalue weighted by Crippen LogP contribution is 2.57. The van der Waals surface area contributed by atoms with Crippen molar-refractivity contribution >= 4 is 45.1 Å². The van der Waals surface area contributed by atoms with Crippen LogP contribution in [0.5, 0.6) is 0 Å². The zero-order valence-electron chi connectivity index (χ0n) is 43.1. The molecule has 366 valence electrons. The van der Waals surface area contributed by atoms with E-state index in [1.165, 1.54) is 116 Å². The maximum atomic E-state index is 10.4. The van der Waals surface area contributed by atoms with Crippen molar-refractivity contribution in [2.45, 2.75) is 147 Å². The van der Waals surface area contributed by atoms with Crippen LogP contribution in [-0.4, -0.2) is 13.7 Å². The third kappa shape index (κ3) is 9.40. The Labute approximate surface area is 437 Å². The summed E-state index contributed by atoms with van der Waals surface area (Å²) in [6.07, 6.45) is 22.1. The van der Waals surface area contributed by atoms with E-state index in [-0.39, 0.29) is 11.0 Å². The minimum Gasteiger partial charge on any atom is -0.495 e. The minimum atomic E-state index is -0.201. The topological polar surface area (TPSA) is 63.9 Å². The molecule has 10 rings (SSSR count). The Bertz CT molecular complexity index is 3220. The summed E-state index contributed by atoms with van der Waals surface area (Å²) in [7, 11) is 1.70. The van der Waals surface area contributed by atoms with E-state index in [9.17, 15) is 10.5 Å². The molecule has 5 nitrogen and oxygen atoms in total. The highest BCUT2D eigenvalue weighted by atomic mass is 32.2.